The van der Waals surface area contributed by atoms with Gasteiger partial charge in [0.25, 0.3) is 0 Å². The van der Waals surface area contributed by atoms with Gasteiger partial charge in [-0.25, -0.2) is 8.42 Å². The van der Waals surface area contributed by atoms with E-state index < -0.39 is 10.0 Å². The van der Waals surface area contributed by atoms with Crippen LogP contribution in [-0.2, 0) is 10.0 Å². The highest BCUT2D eigenvalue weighted by molar-refractivity contribution is 7.88. The first-order chi connectivity index (χ1) is 8.88. The zero-order chi connectivity index (χ0) is 14.0. The van der Waals surface area contributed by atoms with Gasteiger partial charge in [0.15, 0.2) is 0 Å². The largest absolute Gasteiger partial charge is 0.369 e. The minimum Gasteiger partial charge on any atom is -0.369 e. The van der Waals surface area contributed by atoms with E-state index in [1.807, 2.05) is 19.1 Å². The Hall–Kier alpha value is -1.11. The van der Waals surface area contributed by atoms with E-state index in [-0.39, 0.29) is 6.04 Å². The normalized spacial score (nSPS) is 19.4. The average Bonchev–Trinajstić information content (AvgIpc) is 2.38. The van der Waals surface area contributed by atoms with Gasteiger partial charge in [0.2, 0.25) is 10.0 Å². The van der Waals surface area contributed by atoms with E-state index in [9.17, 15) is 8.42 Å². The van der Waals surface area contributed by atoms with Gasteiger partial charge in [0.1, 0.15) is 0 Å². The smallest absolute Gasteiger partial charge is 0.211 e. The Morgan fingerprint density at radius 3 is 2.05 bits per heavy atom. The Bertz CT molecular complexity index is 517. The lowest BCUT2D eigenvalue weighted by Crippen LogP contribution is -2.48. The van der Waals surface area contributed by atoms with Crippen molar-refractivity contribution in [3.05, 3.63) is 29.8 Å². The minimum absolute atomic E-state index is 0.0381. The van der Waals surface area contributed by atoms with Crippen molar-refractivity contribution in [2.45, 2.75) is 13.0 Å². The lowest BCUT2D eigenvalue weighted by molar-refractivity contribution is 0.388. The van der Waals surface area contributed by atoms with Gasteiger partial charge in [-0.3, -0.25) is 0 Å². The van der Waals surface area contributed by atoms with Crippen molar-refractivity contribution >= 4 is 15.7 Å². The lowest BCUT2D eigenvalue weighted by atomic mass is 10.1. The van der Waals surface area contributed by atoms with Crippen LogP contribution in [0.15, 0.2) is 24.3 Å². The Labute approximate surface area is 115 Å². The second kappa shape index (κ2) is 5.48. The topological polar surface area (TPSA) is 66.6 Å². The zero-order valence-electron chi connectivity index (χ0n) is 11.4. The third-order valence-electron chi connectivity index (χ3n) is 3.49. The molecule has 0 spiro atoms. The van der Waals surface area contributed by atoms with Crippen LogP contribution in [0, 0.1) is 0 Å². The van der Waals surface area contributed by atoms with Gasteiger partial charge in [-0.15, -0.1) is 0 Å². The number of hydrogen-bond donors (Lipinski definition) is 1. The first-order valence-corrected chi connectivity index (χ1v) is 8.28. The Morgan fingerprint density at radius 1 is 1.11 bits per heavy atom. The predicted molar refractivity (Wildman–Crippen MR) is 77.7 cm³/mol. The second-order valence-electron chi connectivity index (χ2n) is 5.03. The van der Waals surface area contributed by atoms with Crippen LogP contribution < -0.4 is 10.6 Å². The predicted octanol–water partition coefficient (Wildman–Crippen LogP) is 0.788. The van der Waals surface area contributed by atoms with Crippen LogP contribution in [0.25, 0.3) is 0 Å². The van der Waals surface area contributed by atoms with Crippen LogP contribution in [0.1, 0.15) is 18.5 Å². The number of benzene rings is 1. The number of sulfonamides is 1. The molecule has 0 unspecified atom stereocenters. The fourth-order valence-electron chi connectivity index (χ4n) is 2.27. The summed E-state index contributed by atoms with van der Waals surface area (Å²) in [4.78, 5) is 2.20. The summed E-state index contributed by atoms with van der Waals surface area (Å²) in [5.74, 6) is 0. The molecule has 1 fully saturated rings. The first-order valence-electron chi connectivity index (χ1n) is 6.43. The van der Waals surface area contributed by atoms with Crippen LogP contribution in [0.4, 0.5) is 5.69 Å². The van der Waals surface area contributed by atoms with Gasteiger partial charge < -0.3 is 10.6 Å². The van der Waals surface area contributed by atoms with Crippen molar-refractivity contribution in [2.24, 2.45) is 5.73 Å². The summed E-state index contributed by atoms with van der Waals surface area (Å²) in [6.45, 7) is 4.51. The molecule has 1 aromatic rings. The minimum atomic E-state index is -3.06. The molecule has 1 saturated heterocycles. The maximum absolute atomic E-state index is 11.4. The van der Waals surface area contributed by atoms with E-state index in [1.165, 1.54) is 10.6 Å². The van der Waals surface area contributed by atoms with E-state index in [1.54, 1.807) is 0 Å². The number of piperazine rings is 1. The maximum atomic E-state index is 11.4. The fraction of sp³-hybridized carbons (Fsp3) is 0.538. The third-order valence-corrected chi connectivity index (χ3v) is 4.79. The monoisotopic (exact) mass is 283 g/mol. The Morgan fingerprint density at radius 2 is 1.63 bits per heavy atom. The summed E-state index contributed by atoms with van der Waals surface area (Å²) in [5, 5.41) is 0. The molecule has 0 aromatic heterocycles. The van der Waals surface area contributed by atoms with Crippen molar-refractivity contribution in [3.8, 4) is 0 Å². The molecule has 0 saturated carbocycles. The highest BCUT2D eigenvalue weighted by Gasteiger charge is 2.23. The van der Waals surface area contributed by atoms with E-state index in [2.05, 4.69) is 17.0 Å². The molecule has 1 aromatic carbocycles. The van der Waals surface area contributed by atoms with Crippen molar-refractivity contribution in [2.75, 3.05) is 37.3 Å². The Balaban J connectivity index is 2.02. The molecule has 0 bridgehead atoms. The van der Waals surface area contributed by atoms with Gasteiger partial charge in [0.05, 0.1) is 6.26 Å². The highest BCUT2D eigenvalue weighted by Crippen LogP contribution is 2.20. The molecule has 2 rings (SSSR count). The second-order valence-corrected chi connectivity index (χ2v) is 7.01. The first kappa shape index (κ1) is 14.3. The molecule has 1 heterocycles. The van der Waals surface area contributed by atoms with Crippen LogP contribution in [0.3, 0.4) is 0 Å². The SMILES string of the molecule is C[C@H](N)c1ccc(N2CCN(S(C)(=O)=O)CC2)cc1. The summed E-state index contributed by atoms with van der Waals surface area (Å²) < 4.78 is 24.4. The van der Waals surface area contributed by atoms with Crippen molar-refractivity contribution in [3.63, 3.8) is 0 Å². The number of anilines is 1. The van der Waals surface area contributed by atoms with Crippen molar-refractivity contribution < 1.29 is 8.42 Å². The molecule has 0 amide bonds. The van der Waals surface area contributed by atoms with Crippen molar-refractivity contribution in [1.29, 1.82) is 0 Å². The van der Waals surface area contributed by atoms with Crippen LogP contribution in [-0.4, -0.2) is 45.2 Å². The Kier molecular flexibility index (Phi) is 4.13. The van der Waals surface area contributed by atoms with Gasteiger partial charge >= 0.3 is 0 Å². The molecule has 19 heavy (non-hydrogen) atoms. The maximum Gasteiger partial charge on any atom is 0.211 e. The highest BCUT2D eigenvalue weighted by atomic mass is 32.2. The van der Waals surface area contributed by atoms with Crippen LogP contribution in [0.2, 0.25) is 0 Å². The average molecular weight is 283 g/mol. The summed E-state index contributed by atoms with van der Waals surface area (Å²) in [6, 6.07) is 8.20. The van der Waals surface area contributed by atoms with Gasteiger partial charge in [-0.1, -0.05) is 12.1 Å². The molecule has 6 heteroatoms. The van der Waals surface area contributed by atoms with Crippen molar-refractivity contribution in [1.82, 2.24) is 4.31 Å². The third kappa shape index (κ3) is 3.46. The van der Waals surface area contributed by atoms with E-state index >= 15 is 0 Å². The van der Waals surface area contributed by atoms with Crippen LogP contribution >= 0.6 is 0 Å². The molecule has 1 aliphatic rings. The molecule has 0 aliphatic carbocycles. The molecule has 5 nitrogen and oxygen atoms in total. The van der Waals surface area contributed by atoms with Crippen LogP contribution in [0.5, 0.6) is 0 Å². The fourth-order valence-corrected chi connectivity index (χ4v) is 3.09. The molecule has 106 valence electrons. The van der Waals surface area contributed by atoms with Gasteiger partial charge in [-0.05, 0) is 24.6 Å². The standard InChI is InChI=1S/C13H21N3O2S/c1-11(14)12-3-5-13(6-4-12)15-7-9-16(10-8-15)19(2,17)18/h3-6,11H,7-10,14H2,1-2H3/t11-/m0/s1. The quantitative estimate of drug-likeness (QED) is 0.890. The lowest BCUT2D eigenvalue weighted by Gasteiger charge is -2.34. The molecule has 0 radical (unpaired) electrons. The van der Waals surface area contributed by atoms with E-state index in [0.29, 0.717) is 13.1 Å². The number of nitrogens with zero attached hydrogens (tertiary/aromatic N) is 2. The molecular formula is C13H21N3O2S. The molecule has 1 atom stereocenters. The summed E-state index contributed by atoms with van der Waals surface area (Å²) >= 11 is 0. The van der Waals surface area contributed by atoms with Gasteiger partial charge in [-0.2, -0.15) is 4.31 Å². The summed E-state index contributed by atoms with van der Waals surface area (Å²) in [6.07, 6.45) is 1.26. The summed E-state index contributed by atoms with van der Waals surface area (Å²) in [7, 11) is -3.06. The number of hydrogen-bond acceptors (Lipinski definition) is 4. The van der Waals surface area contributed by atoms with E-state index in [0.717, 1.165) is 24.3 Å². The number of rotatable bonds is 3. The van der Waals surface area contributed by atoms with Gasteiger partial charge in [0, 0.05) is 37.9 Å². The molecule has 1 aliphatic heterocycles. The molecule has 2 N–H and O–H groups in total. The zero-order valence-corrected chi connectivity index (χ0v) is 12.2. The number of nitrogens with two attached hydrogens (primary N) is 1. The summed E-state index contributed by atoms with van der Waals surface area (Å²) in [5.41, 5.74) is 8.05. The molecular weight excluding hydrogens is 262 g/mol. The van der Waals surface area contributed by atoms with E-state index in [4.69, 9.17) is 5.73 Å².